The molecule has 0 amide bonds. The van der Waals surface area contributed by atoms with Crippen molar-refractivity contribution in [2.45, 2.75) is 210 Å². The summed E-state index contributed by atoms with van der Waals surface area (Å²) in [5.41, 5.74) is 1.07. The number of aliphatic hydroxyl groups is 15. The number of aryl methyl sites for hydroxylation is 3. The molecule has 30 atom stereocenters. The van der Waals surface area contributed by atoms with E-state index in [4.69, 9.17) is 65.8 Å². The smallest absolute Gasteiger partial charge is 0.298 e. The molecular formula is C45H68O31S. The van der Waals surface area contributed by atoms with E-state index >= 15 is 0 Å². The van der Waals surface area contributed by atoms with Crippen LogP contribution >= 0.6 is 0 Å². The number of hydrogen-bond donors (Lipinski definition) is 15. The lowest BCUT2D eigenvalue weighted by atomic mass is 9.95. The van der Waals surface area contributed by atoms with Gasteiger partial charge in [0.25, 0.3) is 10.1 Å². The molecule has 0 unspecified atom stereocenters. The summed E-state index contributed by atoms with van der Waals surface area (Å²) in [5, 5.41) is 167. The molecule has 17 fully saturated rings. The van der Waals surface area contributed by atoms with Gasteiger partial charge in [-0.05, 0) is 31.9 Å². The lowest BCUT2D eigenvalue weighted by Crippen LogP contribution is -2.68. The minimum Gasteiger partial charge on any atom is -0.394 e. The molecule has 440 valence electrons. The molecule has 0 aliphatic carbocycles. The first kappa shape index (κ1) is 59.6. The summed E-state index contributed by atoms with van der Waals surface area (Å²) < 4.78 is 111. The second-order valence-electron chi connectivity index (χ2n) is 20.2. The zero-order valence-electron chi connectivity index (χ0n) is 41.4. The van der Waals surface area contributed by atoms with Crippen LogP contribution in [-0.2, 0) is 75.9 Å². The molecule has 0 aromatic heterocycles. The zero-order valence-corrected chi connectivity index (χ0v) is 42.2. The molecule has 17 aliphatic rings. The predicted octanol–water partition coefficient (Wildman–Crippen LogP) is -9.67. The summed E-state index contributed by atoms with van der Waals surface area (Å²) >= 11 is 0. The molecule has 0 saturated carbocycles. The summed E-state index contributed by atoms with van der Waals surface area (Å²) in [6.45, 7) is -1.22. The highest BCUT2D eigenvalue weighted by Crippen LogP contribution is 2.44. The molecule has 17 heterocycles. The fourth-order valence-corrected chi connectivity index (χ4v) is 12.5. The summed E-state index contributed by atoms with van der Waals surface area (Å²) in [6, 6.07) is 3.05. The third-order valence-corrected chi connectivity index (χ3v) is 16.5. The SMILES string of the molecule is Cc1cc(C)c(S(=O)(=O)O[C@H]2[C@H]3O[C@H]4[C@H](O)[C@@H](O)[C@@H](O[C@H]5[C@H](O)[C@@H](O)[C@@H](O[C@H]6[C@@H]7O[C@H]7[C@@H](O[C@H]7[C@H](O)[C@@H](O)[C@@H](O[C@H]8[C@H](O)[C@@H](O)[C@@H](O[C@@H]([C@@H]2O)[C@@H](CO)O3)O[C@@H]8CO)O[C@@H]7CO)O[C@@H]6CO)O[C@@H]5CO)O[C@@H]4CO)c(C)c1. The maximum atomic E-state index is 14.3. The monoisotopic (exact) mass is 1140 g/mol. The van der Waals surface area contributed by atoms with E-state index in [-0.39, 0.29) is 16.0 Å². The minimum atomic E-state index is -5.00. The Kier molecular flexibility index (Phi) is 18.6. The second-order valence-corrected chi connectivity index (χ2v) is 21.7. The summed E-state index contributed by atoms with van der Waals surface area (Å²) in [4.78, 5) is -0.359. The Labute approximate surface area is 438 Å². The van der Waals surface area contributed by atoms with Gasteiger partial charge in [0.2, 0.25) is 0 Å². The topological polar surface area (TPSA) is 470 Å². The summed E-state index contributed by atoms with van der Waals surface area (Å²) in [5.74, 6) is 0. The van der Waals surface area contributed by atoms with E-state index < -0.39 is 234 Å². The van der Waals surface area contributed by atoms with Crippen molar-refractivity contribution in [3.8, 4) is 0 Å². The minimum absolute atomic E-state index is 0.197. The molecule has 17 saturated heterocycles. The van der Waals surface area contributed by atoms with Gasteiger partial charge < -0.3 is 138 Å². The first-order chi connectivity index (χ1) is 36.6. The Hall–Kier alpha value is -1.99. The third-order valence-electron chi connectivity index (χ3n) is 14.9. The fourth-order valence-electron chi connectivity index (χ4n) is 11.0. The highest BCUT2D eigenvalue weighted by Gasteiger charge is 2.63. The van der Waals surface area contributed by atoms with Gasteiger partial charge in [0, 0.05) is 0 Å². The van der Waals surface area contributed by atoms with Crippen molar-refractivity contribution in [3.63, 3.8) is 0 Å². The van der Waals surface area contributed by atoms with Gasteiger partial charge in [-0.1, -0.05) is 17.7 Å². The molecular weight excluding hydrogens is 1070 g/mol. The van der Waals surface area contributed by atoms with Gasteiger partial charge >= 0.3 is 0 Å². The van der Waals surface area contributed by atoms with Crippen molar-refractivity contribution in [2.24, 2.45) is 0 Å². The van der Waals surface area contributed by atoms with Crippen LogP contribution in [0.2, 0.25) is 0 Å². The van der Waals surface area contributed by atoms with E-state index in [9.17, 15) is 85.0 Å². The van der Waals surface area contributed by atoms with Gasteiger partial charge in [-0.2, -0.15) is 8.42 Å². The van der Waals surface area contributed by atoms with E-state index in [0.717, 1.165) is 0 Å². The number of ether oxygens (including phenoxy) is 13. The van der Waals surface area contributed by atoms with Crippen LogP contribution < -0.4 is 0 Å². The van der Waals surface area contributed by atoms with Gasteiger partial charge in [0.15, 0.2) is 43.8 Å². The third kappa shape index (κ3) is 11.5. The highest BCUT2D eigenvalue weighted by atomic mass is 32.2. The normalized spacial score (nSPS) is 49.7. The molecule has 31 nitrogen and oxygen atoms in total. The first-order valence-electron chi connectivity index (χ1n) is 24.9. The molecule has 17 aliphatic heterocycles. The van der Waals surface area contributed by atoms with Gasteiger partial charge in [-0.25, -0.2) is 0 Å². The molecule has 1 aromatic carbocycles. The standard InChI is InChI=1S/C45H68O31S/c1-12-4-13(2)39(14(3)5-12)77(61,62)76-36-29(60)34-19(10-50)67-44(36)73-32-17(8-48)64-40(26(57)23(32)54)71-31-16(7-47)66-43(28(59)22(31)53)75-35-20(11-51)68-45(38-37(35)69-38)74-33-18(9-49)65-41(27(58)24(33)55)70-30-15(6-46)63-42(72-34)25(56)21(30)52/h4-5,15-38,40-60H,6-11H2,1-3H3/t15-,16-,17-,18-,19-,20-,21-,22-,23-,24-,25-,26-,27-,28-,29+,30-,31-,32-,33-,34-,35-,36-,37+,38-,40-,41-,42-,43-,44-,45-/m1/s1. The lowest BCUT2D eigenvalue weighted by molar-refractivity contribution is -0.396. The van der Waals surface area contributed by atoms with Crippen LogP contribution in [-0.4, -0.2) is 309 Å². The van der Waals surface area contributed by atoms with Gasteiger partial charge in [-0.15, -0.1) is 0 Å². The van der Waals surface area contributed by atoms with Crippen LogP contribution in [0.15, 0.2) is 17.0 Å². The van der Waals surface area contributed by atoms with E-state index in [2.05, 4.69) is 0 Å². The summed E-state index contributed by atoms with van der Waals surface area (Å²) in [7, 11) is -5.00. The van der Waals surface area contributed by atoms with Crippen LogP contribution in [0.3, 0.4) is 0 Å². The maximum absolute atomic E-state index is 14.3. The molecule has 12 bridgehead atoms. The van der Waals surface area contributed by atoms with E-state index in [1.165, 1.54) is 26.0 Å². The van der Waals surface area contributed by atoms with Crippen LogP contribution in [0, 0.1) is 20.8 Å². The number of benzene rings is 1. The molecule has 1 aromatic rings. The number of hydrogen-bond acceptors (Lipinski definition) is 31. The van der Waals surface area contributed by atoms with Crippen LogP contribution in [0.25, 0.3) is 0 Å². The quantitative estimate of drug-likeness (QED) is 0.0806. The van der Waals surface area contributed by atoms with Gasteiger partial charge in [-0.3, -0.25) is 4.18 Å². The molecule has 18 rings (SSSR count). The number of rotatable bonds is 9. The largest absolute Gasteiger partial charge is 0.394 e. The molecule has 15 N–H and O–H groups in total. The van der Waals surface area contributed by atoms with E-state index in [1.807, 2.05) is 0 Å². The Morgan fingerprint density at radius 3 is 1.00 bits per heavy atom. The Morgan fingerprint density at radius 2 is 0.636 bits per heavy atom. The lowest BCUT2D eigenvalue weighted by Gasteiger charge is -2.50. The summed E-state index contributed by atoms with van der Waals surface area (Å²) in [6.07, 6.45) is -55.6. The second kappa shape index (κ2) is 24.1. The van der Waals surface area contributed by atoms with Crippen molar-refractivity contribution >= 4 is 10.1 Å². The maximum Gasteiger partial charge on any atom is 0.298 e. The fraction of sp³-hybridized carbons (Fsp3) is 0.867. The Bertz CT molecular complexity index is 2220. The van der Waals surface area contributed by atoms with E-state index in [0.29, 0.717) is 5.56 Å². The van der Waals surface area contributed by atoms with Gasteiger partial charge in [0.05, 0.1) is 44.5 Å². The predicted molar refractivity (Wildman–Crippen MR) is 239 cm³/mol. The Balaban J connectivity index is 1.06. The van der Waals surface area contributed by atoms with Crippen molar-refractivity contribution in [1.82, 2.24) is 0 Å². The number of aliphatic hydroxyl groups excluding tert-OH is 15. The highest BCUT2D eigenvalue weighted by molar-refractivity contribution is 7.86. The average Bonchev–Trinajstić information content (AvgIpc) is 4.24. The Morgan fingerprint density at radius 1 is 0.351 bits per heavy atom. The molecule has 32 heteroatoms. The van der Waals surface area contributed by atoms with E-state index in [1.54, 1.807) is 6.92 Å². The van der Waals surface area contributed by atoms with Crippen LogP contribution in [0.1, 0.15) is 16.7 Å². The molecule has 0 radical (unpaired) electrons. The van der Waals surface area contributed by atoms with Crippen molar-refractivity contribution < 1.29 is 151 Å². The van der Waals surface area contributed by atoms with Crippen LogP contribution in [0.4, 0.5) is 0 Å². The average molecular weight is 1140 g/mol. The van der Waals surface area contributed by atoms with Gasteiger partial charge in [0.1, 0.15) is 140 Å². The molecule has 0 spiro atoms. The molecule has 77 heavy (non-hydrogen) atoms. The number of epoxide rings is 1. The van der Waals surface area contributed by atoms with Crippen molar-refractivity contribution in [2.75, 3.05) is 39.6 Å². The van der Waals surface area contributed by atoms with Crippen LogP contribution in [0.5, 0.6) is 0 Å². The first-order valence-corrected chi connectivity index (χ1v) is 26.3. The van der Waals surface area contributed by atoms with Crippen molar-refractivity contribution in [3.05, 3.63) is 28.8 Å². The van der Waals surface area contributed by atoms with Crippen molar-refractivity contribution in [1.29, 1.82) is 0 Å². The zero-order chi connectivity index (χ0) is 55.7.